The van der Waals surface area contributed by atoms with Crippen molar-refractivity contribution < 1.29 is 17.9 Å². The lowest BCUT2D eigenvalue weighted by Crippen LogP contribution is -2.28. The SMILES string of the molecule is Cc1cc(S(N)(=O)=O)ccc1OC1CCCOC1. The summed E-state index contributed by atoms with van der Waals surface area (Å²) < 4.78 is 33.5. The van der Waals surface area contributed by atoms with Gasteiger partial charge in [-0.05, 0) is 43.5 Å². The van der Waals surface area contributed by atoms with E-state index in [0.29, 0.717) is 12.4 Å². The maximum atomic E-state index is 11.2. The third-order valence-electron chi connectivity index (χ3n) is 2.89. The fourth-order valence-corrected chi connectivity index (χ4v) is 2.51. The summed E-state index contributed by atoms with van der Waals surface area (Å²) in [6, 6.07) is 4.62. The smallest absolute Gasteiger partial charge is 0.238 e. The normalized spacial score (nSPS) is 20.7. The number of benzene rings is 1. The van der Waals surface area contributed by atoms with Gasteiger partial charge in [-0.3, -0.25) is 0 Å². The lowest BCUT2D eigenvalue weighted by molar-refractivity contribution is 0.00713. The number of aryl methyl sites for hydroxylation is 1. The minimum absolute atomic E-state index is 0.0396. The van der Waals surface area contributed by atoms with E-state index in [1.165, 1.54) is 12.1 Å². The standard InChI is InChI=1S/C12H17NO4S/c1-9-7-11(18(13,14)15)4-5-12(9)17-10-3-2-6-16-8-10/h4-5,7,10H,2-3,6,8H2,1H3,(H2,13,14,15). The Morgan fingerprint density at radius 2 is 2.22 bits per heavy atom. The number of sulfonamides is 1. The molecular formula is C12H17NO4S. The van der Waals surface area contributed by atoms with Gasteiger partial charge in [0.2, 0.25) is 10.0 Å². The molecule has 2 rings (SSSR count). The van der Waals surface area contributed by atoms with Gasteiger partial charge in [-0.15, -0.1) is 0 Å². The monoisotopic (exact) mass is 271 g/mol. The Bertz CT molecular complexity index is 521. The van der Waals surface area contributed by atoms with Crippen molar-refractivity contribution in [3.05, 3.63) is 23.8 Å². The van der Waals surface area contributed by atoms with Gasteiger partial charge in [0.05, 0.1) is 11.5 Å². The Morgan fingerprint density at radius 3 is 2.78 bits per heavy atom. The van der Waals surface area contributed by atoms with Gasteiger partial charge in [-0.2, -0.15) is 0 Å². The maximum Gasteiger partial charge on any atom is 0.238 e. The lowest BCUT2D eigenvalue weighted by atomic mass is 10.1. The van der Waals surface area contributed by atoms with E-state index in [2.05, 4.69) is 0 Å². The molecule has 1 saturated heterocycles. The number of hydrogen-bond acceptors (Lipinski definition) is 4. The Labute approximate surface area is 107 Å². The zero-order valence-corrected chi connectivity index (χ0v) is 11.1. The van der Waals surface area contributed by atoms with Crippen molar-refractivity contribution in [2.24, 2.45) is 5.14 Å². The first-order valence-electron chi connectivity index (χ1n) is 5.84. The molecule has 0 aromatic heterocycles. The van der Waals surface area contributed by atoms with Crippen molar-refractivity contribution in [2.75, 3.05) is 13.2 Å². The van der Waals surface area contributed by atoms with Gasteiger partial charge in [0.1, 0.15) is 11.9 Å². The van der Waals surface area contributed by atoms with Gasteiger partial charge in [0.15, 0.2) is 0 Å². The van der Waals surface area contributed by atoms with Gasteiger partial charge in [0.25, 0.3) is 0 Å². The summed E-state index contributed by atoms with van der Waals surface area (Å²) in [4.78, 5) is 0.104. The van der Waals surface area contributed by atoms with Crippen LogP contribution in [0.5, 0.6) is 5.75 Å². The Balaban J connectivity index is 2.14. The Hall–Kier alpha value is -1.11. The lowest BCUT2D eigenvalue weighted by Gasteiger charge is -2.24. The zero-order valence-electron chi connectivity index (χ0n) is 10.3. The fraction of sp³-hybridized carbons (Fsp3) is 0.500. The average molecular weight is 271 g/mol. The van der Waals surface area contributed by atoms with Crippen LogP contribution in [0.25, 0.3) is 0 Å². The van der Waals surface area contributed by atoms with Gasteiger partial charge in [-0.25, -0.2) is 13.6 Å². The third-order valence-corrected chi connectivity index (χ3v) is 3.80. The summed E-state index contributed by atoms with van der Waals surface area (Å²) in [5.41, 5.74) is 0.757. The third kappa shape index (κ3) is 3.22. The highest BCUT2D eigenvalue weighted by molar-refractivity contribution is 7.89. The van der Waals surface area contributed by atoms with Crippen LogP contribution in [0.1, 0.15) is 18.4 Å². The summed E-state index contributed by atoms with van der Waals surface area (Å²) in [5, 5.41) is 5.07. The molecule has 18 heavy (non-hydrogen) atoms. The molecule has 1 aromatic carbocycles. The second-order valence-electron chi connectivity index (χ2n) is 4.43. The molecule has 1 heterocycles. The van der Waals surface area contributed by atoms with Crippen LogP contribution in [-0.4, -0.2) is 27.7 Å². The first-order valence-corrected chi connectivity index (χ1v) is 7.39. The van der Waals surface area contributed by atoms with E-state index >= 15 is 0 Å². The number of rotatable bonds is 3. The molecule has 1 aliphatic heterocycles. The molecule has 0 bridgehead atoms. The molecular weight excluding hydrogens is 254 g/mol. The molecule has 2 N–H and O–H groups in total. The minimum atomic E-state index is -3.66. The molecule has 0 aliphatic carbocycles. The summed E-state index contributed by atoms with van der Waals surface area (Å²) in [6.07, 6.45) is 1.98. The Morgan fingerprint density at radius 1 is 1.44 bits per heavy atom. The quantitative estimate of drug-likeness (QED) is 0.896. The number of hydrogen-bond donors (Lipinski definition) is 1. The minimum Gasteiger partial charge on any atom is -0.488 e. The molecule has 6 heteroatoms. The van der Waals surface area contributed by atoms with E-state index in [9.17, 15) is 8.42 Å². The molecule has 5 nitrogen and oxygen atoms in total. The van der Waals surface area contributed by atoms with Crippen LogP contribution in [0.4, 0.5) is 0 Å². The highest BCUT2D eigenvalue weighted by Crippen LogP contribution is 2.24. The maximum absolute atomic E-state index is 11.2. The van der Waals surface area contributed by atoms with Crippen LogP contribution in [0.15, 0.2) is 23.1 Å². The van der Waals surface area contributed by atoms with E-state index in [-0.39, 0.29) is 11.0 Å². The van der Waals surface area contributed by atoms with Crippen molar-refractivity contribution in [2.45, 2.75) is 30.8 Å². The molecule has 1 aromatic rings. The van der Waals surface area contributed by atoms with Crippen molar-refractivity contribution >= 4 is 10.0 Å². The van der Waals surface area contributed by atoms with Crippen LogP contribution < -0.4 is 9.88 Å². The molecule has 0 saturated carbocycles. The summed E-state index contributed by atoms with van der Waals surface area (Å²) in [5.74, 6) is 0.679. The van der Waals surface area contributed by atoms with E-state index in [4.69, 9.17) is 14.6 Å². The van der Waals surface area contributed by atoms with Gasteiger partial charge >= 0.3 is 0 Å². The van der Waals surface area contributed by atoms with E-state index in [1.807, 2.05) is 0 Å². The topological polar surface area (TPSA) is 78.6 Å². The van der Waals surface area contributed by atoms with Crippen molar-refractivity contribution in [1.82, 2.24) is 0 Å². The average Bonchev–Trinajstić information content (AvgIpc) is 2.32. The summed E-state index contributed by atoms with van der Waals surface area (Å²) in [6.45, 7) is 3.16. The largest absolute Gasteiger partial charge is 0.488 e. The van der Waals surface area contributed by atoms with Gasteiger partial charge in [-0.1, -0.05) is 0 Å². The second-order valence-corrected chi connectivity index (χ2v) is 5.99. The van der Waals surface area contributed by atoms with E-state index in [1.54, 1.807) is 13.0 Å². The predicted molar refractivity (Wildman–Crippen MR) is 67.0 cm³/mol. The highest BCUT2D eigenvalue weighted by Gasteiger charge is 2.17. The molecule has 0 spiro atoms. The number of ether oxygens (including phenoxy) is 2. The molecule has 100 valence electrons. The molecule has 0 amide bonds. The van der Waals surface area contributed by atoms with Crippen molar-refractivity contribution in [3.63, 3.8) is 0 Å². The summed E-state index contributed by atoms with van der Waals surface area (Å²) in [7, 11) is -3.66. The first kappa shape index (κ1) is 13.3. The summed E-state index contributed by atoms with van der Waals surface area (Å²) >= 11 is 0. The van der Waals surface area contributed by atoms with Gasteiger partial charge in [0, 0.05) is 6.61 Å². The number of primary sulfonamides is 1. The predicted octanol–water partition coefficient (Wildman–Crippen LogP) is 1.20. The Kier molecular flexibility index (Phi) is 3.89. The van der Waals surface area contributed by atoms with Gasteiger partial charge < -0.3 is 9.47 Å². The van der Waals surface area contributed by atoms with Crippen LogP contribution in [0.2, 0.25) is 0 Å². The fourth-order valence-electron chi connectivity index (χ4n) is 1.91. The van der Waals surface area contributed by atoms with E-state index < -0.39 is 10.0 Å². The zero-order chi connectivity index (χ0) is 13.2. The van der Waals surface area contributed by atoms with Crippen LogP contribution >= 0.6 is 0 Å². The molecule has 1 atom stereocenters. The van der Waals surface area contributed by atoms with Crippen LogP contribution in [0.3, 0.4) is 0 Å². The first-order chi connectivity index (χ1) is 8.47. The van der Waals surface area contributed by atoms with E-state index in [0.717, 1.165) is 25.0 Å². The molecule has 0 radical (unpaired) electrons. The molecule has 1 aliphatic rings. The van der Waals surface area contributed by atoms with Crippen molar-refractivity contribution in [1.29, 1.82) is 0 Å². The highest BCUT2D eigenvalue weighted by atomic mass is 32.2. The van der Waals surface area contributed by atoms with Crippen LogP contribution in [-0.2, 0) is 14.8 Å². The number of nitrogens with two attached hydrogens (primary N) is 1. The second kappa shape index (κ2) is 5.26. The van der Waals surface area contributed by atoms with Crippen LogP contribution in [0, 0.1) is 6.92 Å². The van der Waals surface area contributed by atoms with Crippen molar-refractivity contribution in [3.8, 4) is 5.75 Å². The molecule has 1 fully saturated rings. The molecule has 1 unspecified atom stereocenters.